The van der Waals surface area contributed by atoms with E-state index in [1.54, 1.807) is 29.2 Å². The molecular weight excluding hydrogens is 236 g/mol. The summed E-state index contributed by atoms with van der Waals surface area (Å²) >= 11 is 5.90. The van der Waals surface area contributed by atoms with E-state index in [1.807, 2.05) is 13.8 Å². The molecule has 0 unspecified atom stereocenters. The quantitative estimate of drug-likeness (QED) is 0.662. The Labute approximate surface area is 107 Å². The molecule has 0 aromatic heterocycles. The molecule has 1 aromatic carbocycles. The van der Waals surface area contributed by atoms with Crippen molar-refractivity contribution in [2.24, 2.45) is 0 Å². The molecule has 0 bridgehead atoms. The molecule has 2 N–H and O–H groups in total. The van der Waals surface area contributed by atoms with Gasteiger partial charge in [-0.25, -0.2) is 0 Å². The molecule has 4 heteroatoms. The van der Waals surface area contributed by atoms with E-state index in [0.29, 0.717) is 22.8 Å². The summed E-state index contributed by atoms with van der Waals surface area (Å²) in [6, 6.07) is 5.03. The second kappa shape index (κ2) is 5.73. The van der Waals surface area contributed by atoms with Gasteiger partial charge in [-0.2, -0.15) is 0 Å². The van der Waals surface area contributed by atoms with Gasteiger partial charge in [-0.15, -0.1) is 6.58 Å². The summed E-state index contributed by atoms with van der Waals surface area (Å²) in [5.41, 5.74) is 6.63. The lowest BCUT2D eigenvalue weighted by atomic mass is 10.1. The topological polar surface area (TPSA) is 46.3 Å². The van der Waals surface area contributed by atoms with E-state index in [0.717, 1.165) is 0 Å². The van der Waals surface area contributed by atoms with Gasteiger partial charge in [0, 0.05) is 18.2 Å². The first-order valence-electron chi connectivity index (χ1n) is 5.44. The maximum absolute atomic E-state index is 12.2. The third-order valence-electron chi connectivity index (χ3n) is 2.46. The Morgan fingerprint density at radius 2 is 2.24 bits per heavy atom. The van der Waals surface area contributed by atoms with Gasteiger partial charge in [-0.05, 0) is 32.0 Å². The smallest absolute Gasteiger partial charge is 0.254 e. The zero-order valence-corrected chi connectivity index (χ0v) is 10.9. The van der Waals surface area contributed by atoms with Crippen molar-refractivity contribution in [2.75, 3.05) is 12.3 Å². The van der Waals surface area contributed by atoms with E-state index in [9.17, 15) is 4.79 Å². The first-order chi connectivity index (χ1) is 7.97. The average molecular weight is 253 g/mol. The van der Waals surface area contributed by atoms with Crippen molar-refractivity contribution < 1.29 is 4.79 Å². The van der Waals surface area contributed by atoms with Gasteiger partial charge in [0.05, 0.1) is 10.7 Å². The number of rotatable bonds is 4. The highest BCUT2D eigenvalue weighted by Crippen LogP contribution is 2.21. The highest BCUT2D eigenvalue weighted by Gasteiger charge is 2.17. The monoisotopic (exact) mass is 252 g/mol. The number of carbonyl (C=O) groups excluding carboxylic acids is 1. The number of anilines is 1. The van der Waals surface area contributed by atoms with Crippen molar-refractivity contribution in [3.63, 3.8) is 0 Å². The van der Waals surface area contributed by atoms with Crippen LogP contribution >= 0.6 is 11.6 Å². The molecule has 1 aromatic rings. The van der Waals surface area contributed by atoms with Crippen LogP contribution in [0.2, 0.25) is 5.02 Å². The predicted molar refractivity (Wildman–Crippen MR) is 72.2 cm³/mol. The SMILES string of the molecule is C=CCN(C(=O)c1ccc(N)c(Cl)c1)C(C)C. The van der Waals surface area contributed by atoms with Gasteiger partial charge in [0.15, 0.2) is 0 Å². The minimum atomic E-state index is -0.0678. The van der Waals surface area contributed by atoms with Crippen LogP contribution in [0, 0.1) is 0 Å². The summed E-state index contributed by atoms with van der Waals surface area (Å²) in [6.07, 6.45) is 1.71. The van der Waals surface area contributed by atoms with Gasteiger partial charge < -0.3 is 10.6 Å². The van der Waals surface area contributed by atoms with Crippen LogP contribution in [0.1, 0.15) is 24.2 Å². The molecule has 0 spiro atoms. The van der Waals surface area contributed by atoms with Gasteiger partial charge in [-0.3, -0.25) is 4.79 Å². The number of carbonyl (C=O) groups is 1. The Hall–Kier alpha value is -1.48. The van der Waals surface area contributed by atoms with Crippen molar-refractivity contribution in [1.82, 2.24) is 4.90 Å². The Kier molecular flexibility index (Phi) is 4.58. The third kappa shape index (κ3) is 3.24. The van der Waals surface area contributed by atoms with E-state index in [2.05, 4.69) is 6.58 Å². The molecule has 0 saturated heterocycles. The fraction of sp³-hybridized carbons (Fsp3) is 0.308. The Balaban J connectivity index is 3.00. The number of hydrogen-bond acceptors (Lipinski definition) is 2. The van der Waals surface area contributed by atoms with Gasteiger partial charge >= 0.3 is 0 Å². The maximum Gasteiger partial charge on any atom is 0.254 e. The minimum Gasteiger partial charge on any atom is -0.398 e. The zero-order chi connectivity index (χ0) is 13.0. The number of nitrogens with two attached hydrogens (primary N) is 1. The fourth-order valence-corrected chi connectivity index (χ4v) is 1.67. The minimum absolute atomic E-state index is 0.0678. The molecule has 0 aliphatic rings. The largest absolute Gasteiger partial charge is 0.398 e. The molecule has 0 radical (unpaired) electrons. The average Bonchev–Trinajstić information content (AvgIpc) is 2.28. The molecule has 1 amide bonds. The van der Waals surface area contributed by atoms with E-state index < -0.39 is 0 Å². The van der Waals surface area contributed by atoms with Crippen molar-refractivity contribution in [3.8, 4) is 0 Å². The zero-order valence-electron chi connectivity index (χ0n) is 10.1. The number of benzene rings is 1. The number of halogens is 1. The van der Waals surface area contributed by atoms with Gasteiger partial charge in [0.1, 0.15) is 0 Å². The summed E-state index contributed by atoms with van der Waals surface area (Å²) in [6.45, 7) is 8.08. The highest BCUT2D eigenvalue weighted by atomic mass is 35.5. The second-order valence-corrected chi connectivity index (χ2v) is 4.48. The molecule has 0 aliphatic heterocycles. The summed E-state index contributed by atoms with van der Waals surface area (Å²) in [7, 11) is 0. The second-order valence-electron chi connectivity index (χ2n) is 4.08. The summed E-state index contributed by atoms with van der Waals surface area (Å²) in [5.74, 6) is -0.0678. The van der Waals surface area contributed by atoms with E-state index in [4.69, 9.17) is 17.3 Å². The van der Waals surface area contributed by atoms with Crippen LogP contribution in [-0.2, 0) is 0 Å². The Bertz CT molecular complexity index is 429. The molecule has 0 atom stereocenters. The maximum atomic E-state index is 12.2. The molecular formula is C13H17ClN2O. The summed E-state index contributed by atoms with van der Waals surface area (Å²) in [4.78, 5) is 13.9. The standard InChI is InChI=1S/C13H17ClN2O/c1-4-7-16(9(2)3)13(17)10-5-6-12(15)11(14)8-10/h4-6,8-9H,1,7,15H2,2-3H3. The van der Waals surface area contributed by atoms with Crippen LogP contribution < -0.4 is 5.73 Å². The Morgan fingerprint density at radius 3 is 2.71 bits per heavy atom. The molecule has 0 saturated carbocycles. The van der Waals surface area contributed by atoms with Crippen molar-refractivity contribution in [3.05, 3.63) is 41.4 Å². The molecule has 0 fully saturated rings. The number of amides is 1. The van der Waals surface area contributed by atoms with Crippen molar-refractivity contribution >= 4 is 23.2 Å². The van der Waals surface area contributed by atoms with E-state index in [-0.39, 0.29) is 11.9 Å². The first-order valence-corrected chi connectivity index (χ1v) is 5.82. The molecule has 17 heavy (non-hydrogen) atoms. The van der Waals surface area contributed by atoms with Crippen molar-refractivity contribution in [2.45, 2.75) is 19.9 Å². The Morgan fingerprint density at radius 1 is 1.59 bits per heavy atom. The van der Waals surface area contributed by atoms with E-state index in [1.165, 1.54) is 0 Å². The number of nitrogens with zero attached hydrogens (tertiary/aromatic N) is 1. The summed E-state index contributed by atoms with van der Waals surface area (Å²) in [5, 5.41) is 0.401. The third-order valence-corrected chi connectivity index (χ3v) is 2.78. The van der Waals surface area contributed by atoms with Crippen LogP contribution in [0.5, 0.6) is 0 Å². The van der Waals surface area contributed by atoms with Crippen LogP contribution in [0.25, 0.3) is 0 Å². The van der Waals surface area contributed by atoms with Gasteiger partial charge in [-0.1, -0.05) is 17.7 Å². The van der Waals surface area contributed by atoms with Gasteiger partial charge in [0.25, 0.3) is 5.91 Å². The normalized spacial score (nSPS) is 10.4. The number of hydrogen-bond donors (Lipinski definition) is 1. The molecule has 1 rings (SSSR count). The lowest BCUT2D eigenvalue weighted by molar-refractivity contribution is 0.0729. The van der Waals surface area contributed by atoms with Crippen LogP contribution in [0.15, 0.2) is 30.9 Å². The van der Waals surface area contributed by atoms with E-state index >= 15 is 0 Å². The van der Waals surface area contributed by atoms with Crippen LogP contribution in [0.4, 0.5) is 5.69 Å². The lowest BCUT2D eigenvalue weighted by Crippen LogP contribution is -2.37. The highest BCUT2D eigenvalue weighted by molar-refractivity contribution is 6.33. The fourth-order valence-electron chi connectivity index (χ4n) is 1.49. The molecule has 0 heterocycles. The molecule has 0 aliphatic carbocycles. The van der Waals surface area contributed by atoms with Crippen LogP contribution in [-0.4, -0.2) is 23.4 Å². The predicted octanol–water partition coefficient (Wildman–Crippen LogP) is 2.96. The summed E-state index contributed by atoms with van der Waals surface area (Å²) < 4.78 is 0. The molecule has 3 nitrogen and oxygen atoms in total. The number of nitrogen functional groups attached to an aromatic ring is 1. The first kappa shape index (κ1) is 13.6. The lowest BCUT2D eigenvalue weighted by Gasteiger charge is -2.25. The van der Waals surface area contributed by atoms with Crippen LogP contribution in [0.3, 0.4) is 0 Å². The van der Waals surface area contributed by atoms with Crippen molar-refractivity contribution in [1.29, 1.82) is 0 Å². The molecule has 92 valence electrons. The van der Waals surface area contributed by atoms with Gasteiger partial charge in [0.2, 0.25) is 0 Å².